The lowest BCUT2D eigenvalue weighted by molar-refractivity contribution is 0.686. The summed E-state index contributed by atoms with van der Waals surface area (Å²) in [4.78, 5) is 13.6. The Labute approximate surface area is 175 Å². The van der Waals surface area contributed by atoms with Gasteiger partial charge in [0, 0.05) is 45.6 Å². The van der Waals surface area contributed by atoms with Crippen LogP contribution in [0.1, 0.15) is 43.9 Å². The second kappa shape index (κ2) is 10.1. The Kier molecular flexibility index (Phi) is 7.33. The molecule has 2 heterocycles. The molecule has 1 unspecified atom stereocenters. The van der Waals surface area contributed by atoms with Gasteiger partial charge in [-0.1, -0.05) is 12.1 Å². The topological polar surface area (TPSA) is 55.8 Å². The first-order valence-corrected chi connectivity index (χ1v) is 10.6. The molecule has 1 atom stereocenters. The molecule has 0 spiro atoms. The molecule has 1 aromatic heterocycles. The highest BCUT2D eigenvalue weighted by Crippen LogP contribution is 2.24. The molecule has 0 aliphatic carbocycles. The number of nitrogens with one attached hydrogen (secondary N) is 2. The van der Waals surface area contributed by atoms with Crippen LogP contribution in [-0.4, -0.2) is 44.7 Å². The number of anilines is 2. The Morgan fingerprint density at radius 3 is 2.72 bits per heavy atom. The van der Waals surface area contributed by atoms with Gasteiger partial charge in [-0.15, -0.1) is 0 Å². The number of hydrogen-bond acceptors (Lipinski definition) is 4. The molecular weight excluding hydrogens is 360 g/mol. The lowest BCUT2D eigenvalue weighted by atomic mass is 10.1. The predicted octanol–water partition coefficient (Wildman–Crippen LogP) is 3.56. The van der Waals surface area contributed by atoms with Gasteiger partial charge >= 0.3 is 0 Å². The molecule has 1 fully saturated rings. The maximum atomic E-state index is 4.79. The van der Waals surface area contributed by atoms with Crippen molar-refractivity contribution in [3.05, 3.63) is 53.7 Å². The van der Waals surface area contributed by atoms with E-state index in [1.54, 1.807) is 0 Å². The Balaban J connectivity index is 1.68. The summed E-state index contributed by atoms with van der Waals surface area (Å²) in [6.45, 7) is 8.04. The number of benzene rings is 1. The molecule has 3 rings (SSSR count). The van der Waals surface area contributed by atoms with Crippen molar-refractivity contribution in [2.45, 2.75) is 39.3 Å². The highest BCUT2D eigenvalue weighted by molar-refractivity contribution is 5.80. The summed E-state index contributed by atoms with van der Waals surface area (Å²) in [5, 5.41) is 6.92. The van der Waals surface area contributed by atoms with Gasteiger partial charge in [-0.3, -0.25) is 0 Å². The second-order valence-corrected chi connectivity index (χ2v) is 7.77. The first kappa shape index (κ1) is 21.0. The summed E-state index contributed by atoms with van der Waals surface area (Å²) in [5.41, 5.74) is 3.74. The highest BCUT2D eigenvalue weighted by atomic mass is 15.2. The van der Waals surface area contributed by atoms with Crippen molar-refractivity contribution in [2.75, 3.05) is 43.5 Å². The van der Waals surface area contributed by atoms with Crippen LogP contribution in [0.5, 0.6) is 0 Å². The molecular formula is C23H34N6. The van der Waals surface area contributed by atoms with E-state index in [1.807, 2.05) is 31.3 Å². The Morgan fingerprint density at radius 1 is 1.21 bits per heavy atom. The summed E-state index contributed by atoms with van der Waals surface area (Å²) < 4.78 is 0. The third-order valence-electron chi connectivity index (χ3n) is 5.23. The van der Waals surface area contributed by atoms with Crippen molar-refractivity contribution in [3.63, 3.8) is 0 Å². The maximum Gasteiger partial charge on any atom is 0.192 e. The molecule has 0 bridgehead atoms. The number of aliphatic imine (C=N–C) groups is 1. The van der Waals surface area contributed by atoms with Crippen molar-refractivity contribution in [3.8, 4) is 0 Å². The van der Waals surface area contributed by atoms with E-state index < -0.39 is 0 Å². The maximum absolute atomic E-state index is 4.79. The predicted molar refractivity (Wildman–Crippen MR) is 123 cm³/mol. The van der Waals surface area contributed by atoms with E-state index in [1.165, 1.54) is 24.1 Å². The lowest BCUT2D eigenvalue weighted by Gasteiger charge is -2.22. The van der Waals surface area contributed by atoms with Crippen molar-refractivity contribution < 1.29 is 0 Å². The second-order valence-electron chi connectivity index (χ2n) is 7.77. The van der Waals surface area contributed by atoms with Crippen LogP contribution in [0.25, 0.3) is 0 Å². The highest BCUT2D eigenvalue weighted by Gasteiger charge is 2.14. The molecule has 0 amide bonds. The van der Waals surface area contributed by atoms with Crippen molar-refractivity contribution >= 4 is 17.5 Å². The summed E-state index contributed by atoms with van der Waals surface area (Å²) >= 11 is 0. The van der Waals surface area contributed by atoms with Gasteiger partial charge in [-0.2, -0.15) is 0 Å². The van der Waals surface area contributed by atoms with E-state index in [0.717, 1.165) is 37.0 Å². The number of rotatable bonds is 7. The van der Waals surface area contributed by atoms with E-state index in [2.05, 4.69) is 64.7 Å². The molecule has 1 aliphatic rings. The smallest absolute Gasteiger partial charge is 0.192 e. The van der Waals surface area contributed by atoms with Crippen LogP contribution >= 0.6 is 0 Å². The van der Waals surface area contributed by atoms with Gasteiger partial charge < -0.3 is 20.4 Å². The molecule has 1 aromatic carbocycles. The van der Waals surface area contributed by atoms with Crippen LogP contribution in [0.3, 0.4) is 0 Å². The normalized spacial score (nSPS) is 15.3. The summed E-state index contributed by atoms with van der Waals surface area (Å²) in [5.74, 6) is 1.78. The van der Waals surface area contributed by atoms with Gasteiger partial charge in [-0.05, 0) is 62.1 Å². The molecule has 2 N–H and O–H groups in total. The Bertz CT molecular complexity index is 811. The first-order chi connectivity index (χ1) is 14.1. The van der Waals surface area contributed by atoms with E-state index in [9.17, 15) is 0 Å². The van der Waals surface area contributed by atoms with Gasteiger partial charge in [0.05, 0.1) is 12.6 Å². The molecule has 0 saturated carbocycles. The van der Waals surface area contributed by atoms with Crippen LogP contribution in [-0.2, 0) is 6.54 Å². The minimum absolute atomic E-state index is 0.171. The van der Waals surface area contributed by atoms with Gasteiger partial charge in [0.2, 0.25) is 0 Å². The van der Waals surface area contributed by atoms with Gasteiger partial charge in [-0.25, -0.2) is 9.98 Å². The quantitative estimate of drug-likeness (QED) is 0.555. The summed E-state index contributed by atoms with van der Waals surface area (Å²) in [6.07, 6.45) is 4.42. The van der Waals surface area contributed by atoms with Crippen molar-refractivity contribution in [1.29, 1.82) is 0 Å². The fraction of sp³-hybridized carbons (Fsp3) is 0.478. The van der Waals surface area contributed by atoms with E-state index in [0.29, 0.717) is 6.54 Å². The molecule has 1 saturated heterocycles. The zero-order chi connectivity index (χ0) is 20.6. The number of hydrogen-bond donors (Lipinski definition) is 2. The minimum atomic E-state index is 0.171. The molecule has 6 heteroatoms. The van der Waals surface area contributed by atoms with Crippen LogP contribution in [0.2, 0.25) is 0 Å². The van der Waals surface area contributed by atoms with Crippen LogP contribution in [0.15, 0.2) is 47.6 Å². The van der Waals surface area contributed by atoms with E-state index in [-0.39, 0.29) is 6.04 Å². The molecule has 1 aliphatic heterocycles. The zero-order valence-corrected chi connectivity index (χ0v) is 18.2. The SMILES string of the molecule is CCNC(=NCc1ccnc(N(C)C)c1)NC(C)c1cccc(N2CCCC2)c1. The first-order valence-electron chi connectivity index (χ1n) is 10.6. The zero-order valence-electron chi connectivity index (χ0n) is 18.2. The average molecular weight is 395 g/mol. The van der Waals surface area contributed by atoms with Crippen molar-refractivity contribution in [1.82, 2.24) is 15.6 Å². The fourth-order valence-electron chi connectivity index (χ4n) is 3.55. The standard InChI is InChI=1S/C23H34N6/c1-5-24-23(26-17-19-11-12-25-22(15-19)28(3)4)27-18(2)20-9-8-10-21(16-20)29-13-6-7-14-29/h8-12,15-16,18H,5-7,13-14,17H2,1-4H3,(H2,24,26,27). The third kappa shape index (κ3) is 5.86. The number of aromatic nitrogens is 1. The van der Waals surface area contributed by atoms with Crippen molar-refractivity contribution in [2.24, 2.45) is 4.99 Å². The van der Waals surface area contributed by atoms with Crippen LogP contribution < -0.4 is 20.4 Å². The fourth-order valence-corrected chi connectivity index (χ4v) is 3.55. The monoisotopic (exact) mass is 394 g/mol. The molecule has 156 valence electrons. The lowest BCUT2D eigenvalue weighted by Crippen LogP contribution is -2.38. The minimum Gasteiger partial charge on any atom is -0.372 e. The molecule has 0 radical (unpaired) electrons. The summed E-state index contributed by atoms with van der Waals surface area (Å²) in [6, 6.07) is 13.1. The largest absolute Gasteiger partial charge is 0.372 e. The van der Waals surface area contributed by atoms with Crippen LogP contribution in [0, 0.1) is 0 Å². The number of nitrogens with zero attached hydrogens (tertiary/aromatic N) is 4. The van der Waals surface area contributed by atoms with E-state index >= 15 is 0 Å². The molecule has 29 heavy (non-hydrogen) atoms. The van der Waals surface area contributed by atoms with Gasteiger partial charge in [0.1, 0.15) is 5.82 Å². The Morgan fingerprint density at radius 2 is 2.00 bits per heavy atom. The van der Waals surface area contributed by atoms with Crippen LogP contribution in [0.4, 0.5) is 11.5 Å². The number of pyridine rings is 1. The molecule has 2 aromatic rings. The van der Waals surface area contributed by atoms with E-state index in [4.69, 9.17) is 4.99 Å². The average Bonchev–Trinajstić information content (AvgIpc) is 3.27. The van der Waals surface area contributed by atoms with Gasteiger partial charge in [0.25, 0.3) is 0 Å². The number of guanidine groups is 1. The molecule has 6 nitrogen and oxygen atoms in total. The van der Waals surface area contributed by atoms with Gasteiger partial charge in [0.15, 0.2) is 5.96 Å². The third-order valence-corrected chi connectivity index (χ3v) is 5.23. The Hall–Kier alpha value is -2.76. The summed E-state index contributed by atoms with van der Waals surface area (Å²) in [7, 11) is 4.00.